The van der Waals surface area contributed by atoms with E-state index in [9.17, 15) is 29.4 Å². The Kier molecular flexibility index (Phi) is 13.8. The summed E-state index contributed by atoms with van der Waals surface area (Å²) >= 11 is 0. The Labute approximate surface area is 231 Å². The maximum atomic E-state index is 13.9. The van der Waals surface area contributed by atoms with Gasteiger partial charge in [-0.15, -0.1) is 0 Å². The number of carbonyl (C=O) groups excluding carboxylic acids is 4. The van der Waals surface area contributed by atoms with Gasteiger partial charge in [0.2, 0.25) is 11.8 Å². The first-order valence-electron chi connectivity index (χ1n) is 13.4. The number of phenols is 1. The number of aromatic hydroxyl groups is 1. The van der Waals surface area contributed by atoms with Gasteiger partial charge in [-0.25, -0.2) is 4.79 Å². The highest BCUT2D eigenvalue weighted by Crippen LogP contribution is 2.32. The fourth-order valence-corrected chi connectivity index (χ4v) is 3.88. The number of hydrogen-bond acceptors (Lipinski definition) is 8. The second-order valence-corrected chi connectivity index (χ2v) is 10.8. The summed E-state index contributed by atoms with van der Waals surface area (Å²) in [6.07, 6.45) is 0.256. The van der Waals surface area contributed by atoms with Crippen molar-refractivity contribution in [2.24, 2.45) is 5.92 Å². The molecule has 0 saturated heterocycles. The average molecular weight is 552 g/mol. The third kappa shape index (κ3) is 11.5. The molecule has 0 radical (unpaired) electrons. The lowest BCUT2D eigenvalue weighted by molar-refractivity contribution is -0.146. The van der Waals surface area contributed by atoms with Crippen LogP contribution in [0.2, 0.25) is 0 Å². The van der Waals surface area contributed by atoms with Gasteiger partial charge >= 0.3 is 12.1 Å². The molecule has 1 aromatic rings. The van der Waals surface area contributed by atoms with E-state index < -0.39 is 54.2 Å². The Morgan fingerprint density at radius 3 is 2.23 bits per heavy atom. The van der Waals surface area contributed by atoms with E-state index in [1.165, 1.54) is 17.0 Å². The lowest BCUT2D eigenvalue weighted by Crippen LogP contribution is -2.56. The molecule has 0 heterocycles. The molecule has 220 valence electrons. The fourth-order valence-electron chi connectivity index (χ4n) is 3.88. The van der Waals surface area contributed by atoms with Gasteiger partial charge in [0.25, 0.3) is 0 Å². The molecule has 0 aliphatic carbocycles. The van der Waals surface area contributed by atoms with Crippen molar-refractivity contribution in [2.45, 2.75) is 91.5 Å². The molecule has 1 rings (SSSR count). The number of aliphatic hydroxyl groups excluding tert-OH is 1. The van der Waals surface area contributed by atoms with Crippen LogP contribution in [0.1, 0.15) is 79.3 Å². The number of aliphatic hydroxyl groups is 1. The summed E-state index contributed by atoms with van der Waals surface area (Å²) in [6, 6.07) is 2.86. The van der Waals surface area contributed by atoms with Crippen LogP contribution in [-0.2, 0) is 23.9 Å². The topological polar surface area (TPSA) is 154 Å². The number of ether oxygens (including phenoxy) is 2. The van der Waals surface area contributed by atoms with Gasteiger partial charge in [-0.1, -0.05) is 32.0 Å². The van der Waals surface area contributed by atoms with Crippen LogP contribution in [0.4, 0.5) is 4.79 Å². The molecular formula is C28H45N3O8. The highest BCUT2D eigenvalue weighted by molar-refractivity contribution is 5.93. The number of hydrogen-bond donors (Lipinski definition) is 4. The zero-order chi connectivity index (χ0) is 29.8. The van der Waals surface area contributed by atoms with Crippen molar-refractivity contribution in [3.8, 4) is 5.75 Å². The Morgan fingerprint density at radius 2 is 1.69 bits per heavy atom. The number of nitrogens with one attached hydrogen (secondary N) is 2. The molecule has 0 saturated carbocycles. The minimum absolute atomic E-state index is 0.0518. The fraction of sp³-hybridized carbons (Fsp3) is 0.643. The van der Waals surface area contributed by atoms with Crippen LogP contribution in [0.5, 0.6) is 5.75 Å². The van der Waals surface area contributed by atoms with Gasteiger partial charge in [0, 0.05) is 18.2 Å². The number of alkyl carbamates (subject to hydrolysis) is 1. The molecule has 0 aliphatic heterocycles. The molecule has 3 amide bonds. The minimum Gasteiger partial charge on any atom is -0.508 e. The maximum absolute atomic E-state index is 13.9. The van der Waals surface area contributed by atoms with E-state index in [2.05, 4.69) is 10.6 Å². The van der Waals surface area contributed by atoms with Crippen LogP contribution in [0, 0.1) is 5.92 Å². The van der Waals surface area contributed by atoms with Gasteiger partial charge < -0.3 is 35.2 Å². The average Bonchev–Trinajstić information content (AvgIpc) is 2.83. The molecule has 0 bridgehead atoms. The lowest BCUT2D eigenvalue weighted by atomic mass is 9.96. The SMILES string of the molecule is CCOC(=O)CCNC(=O)C(c1ccccc1O)N(C(=O)C(CO)NC(=O)OC(C)(C)C)C(C)CCC(C)C. The van der Waals surface area contributed by atoms with Crippen LogP contribution in [0.3, 0.4) is 0 Å². The zero-order valence-corrected chi connectivity index (χ0v) is 24.2. The number of nitrogens with zero attached hydrogens (tertiary/aromatic N) is 1. The number of amides is 3. The monoisotopic (exact) mass is 551 g/mol. The number of esters is 1. The predicted molar refractivity (Wildman–Crippen MR) is 146 cm³/mol. The van der Waals surface area contributed by atoms with Gasteiger partial charge in [-0.3, -0.25) is 14.4 Å². The van der Waals surface area contributed by atoms with Crippen molar-refractivity contribution in [3.63, 3.8) is 0 Å². The normalized spacial score (nSPS) is 13.7. The quantitative estimate of drug-likeness (QED) is 0.257. The summed E-state index contributed by atoms with van der Waals surface area (Å²) in [4.78, 5) is 53.0. The Hall–Kier alpha value is -3.34. The summed E-state index contributed by atoms with van der Waals surface area (Å²) in [5.41, 5.74) is -0.681. The molecule has 0 fully saturated rings. The van der Waals surface area contributed by atoms with E-state index in [1.54, 1.807) is 46.8 Å². The van der Waals surface area contributed by atoms with E-state index in [0.29, 0.717) is 12.3 Å². The summed E-state index contributed by atoms with van der Waals surface area (Å²) in [5, 5.41) is 25.8. The molecular weight excluding hydrogens is 506 g/mol. The first-order chi connectivity index (χ1) is 18.2. The minimum atomic E-state index is -1.41. The summed E-state index contributed by atoms with van der Waals surface area (Å²) in [7, 11) is 0. The molecule has 11 heteroatoms. The van der Waals surface area contributed by atoms with Crippen LogP contribution < -0.4 is 10.6 Å². The van der Waals surface area contributed by atoms with Crippen LogP contribution in [-0.4, -0.2) is 76.4 Å². The number of phenolic OH excluding ortho intramolecular Hbond substituents is 1. The van der Waals surface area contributed by atoms with Gasteiger partial charge in [0.1, 0.15) is 23.4 Å². The van der Waals surface area contributed by atoms with Crippen molar-refractivity contribution in [3.05, 3.63) is 29.8 Å². The van der Waals surface area contributed by atoms with E-state index in [4.69, 9.17) is 9.47 Å². The standard InChI is InChI=1S/C28H45N3O8/c1-8-38-23(34)15-16-29-25(35)24(20-11-9-10-12-22(20)33)31(19(4)14-13-18(2)3)26(36)21(17-32)30-27(37)39-28(5,6)7/h9-12,18-19,21,24,32-33H,8,13-17H2,1-7H3,(H,29,35)(H,30,37). The first-order valence-corrected chi connectivity index (χ1v) is 13.4. The van der Waals surface area contributed by atoms with Gasteiger partial charge in [-0.2, -0.15) is 0 Å². The third-order valence-electron chi connectivity index (χ3n) is 5.75. The summed E-state index contributed by atoms with van der Waals surface area (Å²) in [6.45, 7) is 11.9. The highest BCUT2D eigenvalue weighted by atomic mass is 16.6. The van der Waals surface area contributed by atoms with Gasteiger partial charge in [0.15, 0.2) is 0 Å². The molecule has 0 aromatic heterocycles. The van der Waals surface area contributed by atoms with Crippen molar-refractivity contribution in [1.82, 2.24) is 15.5 Å². The first kappa shape index (κ1) is 33.7. The van der Waals surface area contributed by atoms with Crippen molar-refractivity contribution >= 4 is 23.9 Å². The molecule has 4 N–H and O–H groups in total. The van der Waals surface area contributed by atoms with Gasteiger partial charge in [-0.05, 0) is 59.4 Å². The zero-order valence-electron chi connectivity index (χ0n) is 24.2. The molecule has 1 aromatic carbocycles. The highest BCUT2D eigenvalue weighted by Gasteiger charge is 2.39. The Balaban J connectivity index is 3.47. The predicted octanol–water partition coefficient (Wildman–Crippen LogP) is 3.04. The molecule has 3 atom stereocenters. The van der Waals surface area contributed by atoms with Crippen LogP contribution in [0.25, 0.3) is 0 Å². The second-order valence-electron chi connectivity index (χ2n) is 10.8. The molecule has 0 spiro atoms. The number of carbonyl (C=O) groups is 4. The van der Waals surface area contributed by atoms with Crippen molar-refractivity contribution in [2.75, 3.05) is 19.8 Å². The maximum Gasteiger partial charge on any atom is 0.408 e. The number of benzene rings is 1. The third-order valence-corrected chi connectivity index (χ3v) is 5.75. The number of para-hydroxylation sites is 1. The Morgan fingerprint density at radius 1 is 1.05 bits per heavy atom. The molecule has 11 nitrogen and oxygen atoms in total. The van der Waals surface area contributed by atoms with E-state index in [-0.39, 0.29) is 30.9 Å². The van der Waals surface area contributed by atoms with Crippen LogP contribution in [0.15, 0.2) is 24.3 Å². The van der Waals surface area contributed by atoms with Crippen molar-refractivity contribution < 1.29 is 38.9 Å². The largest absolute Gasteiger partial charge is 0.508 e. The number of rotatable bonds is 14. The molecule has 3 unspecified atom stereocenters. The smallest absolute Gasteiger partial charge is 0.408 e. The summed E-state index contributed by atoms with van der Waals surface area (Å²) < 4.78 is 10.2. The second kappa shape index (κ2) is 15.9. The van der Waals surface area contributed by atoms with E-state index >= 15 is 0 Å². The Bertz CT molecular complexity index is 960. The van der Waals surface area contributed by atoms with Gasteiger partial charge in [0.05, 0.1) is 19.6 Å². The van der Waals surface area contributed by atoms with Crippen molar-refractivity contribution in [1.29, 1.82) is 0 Å². The van der Waals surface area contributed by atoms with E-state index in [1.807, 2.05) is 13.8 Å². The van der Waals surface area contributed by atoms with Crippen LogP contribution >= 0.6 is 0 Å². The summed E-state index contributed by atoms with van der Waals surface area (Å²) in [5.74, 6) is -1.76. The molecule has 39 heavy (non-hydrogen) atoms. The lowest BCUT2D eigenvalue weighted by Gasteiger charge is -2.38. The molecule has 0 aliphatic rings. The van der Waals surface area contributed by atoms with E-state index in [0.717, 1.165) is 6.42 Å².